The van der Waals surface area contributed by atoms with Crippen molar-refractivity contribution in [3.8, 4) is 11.3 Å². The number of nitrogens with zero attached hydrogens (tertiary/aromatic N) is 2. The second-order valence-corrected chi connectivity index (χ2v) is 8.14. The van der Waals surface area contributed by atoms with Crippen LogP contribution >= 0.6 is 12.2 Å². The molecule has 0 atom stereocenters. The first-order chi connectivity index (χ1) is 14.9. The van der Waals surface area contributed by atoms with E-state index in [1.807, 2.05) is 30.7 Å². The Kier molecular flexibility index (Phi) is 6.27. The molecule has 3 aromatic rings. The van der Waals surface area contributed by atoms with E-state index in [1.165, 1.54) is 12.1 Å². The lowest BCUT2D eigenvalue weighted by Crippen LogP contribution is -2.40. The van der Waals surface area contributed by atoms with Crippen molar-refractivity contribution >= 4 is 23.0 Å². The van der Waals surface area contributed by atoms with Gasteiger partial charge in [-0.15, -0.1) is 0 Å². The van der Waals surface area contributed by atoms with Gasteiger partial charge in [0.25, 0.3) is 0 Å². The fourth-order valence-corrected chi connectivity index (χ4v) is 4.31. The first-order valence-electron chi connectivity index (χ1n) is 10.2. The molecule has 2 N–H and O–H groups in total. The molecule has 4 nitrogen and oxygen atoms in total. The molecule has 0 spiro atoms. The van der Waals surface area contributed by atoms with Gasteiger partial charge in [-0.25, -0.2) is 4.98 Å². The summed E-state index contributed by atoms with van der Waals surface area (Å²) in [7, 11) is 0. The second-order valence-electron chi connectivity index (χ2n) is 7.73. The van der Waals surface area contributed by atoms with Crippen molar-refractivity contribution in [1.29, 1.82) is 0 Å². The zero-order chi connectivity index (χ0) is 21.8. The first-order valence-corrected chi connectivity index (χ1v) is 10.6. The van der Waals surface area contributed by atoms with Crippen molar-refractivity contribution in [3.05, 3.63) is 72.7 Å². The van der Waals surface area contributed by atoms with Crippen molar-refractivity contribution in [3.63, 3.8) is 0 Å². The maximum atomic E-state index is 12.7. The van der Waals surface area contributed by atoms with E-state index in [2.05, 4.69) is 32.3 Å². The predicted molar refractivity (Wildman–Crippen MR) is 120 cm³/mol. The number of alkyl halides is 3. The van der Waals surface area contributed by atoms with Gasteiger partial charge in [-0.3, -0.25) is 0 Å². The van der Waals surface area contributed by atoms with Crippen LogP contribution in [0.2, 0.25) is 0 Å². The molecule has 0 aliphatic heterocycles. The standard InChI is InChI=1S/C23H23F3N4S/c24-23(25,26)17-6-8-18(9-7-17)28-22(31)29-19-10-12-20(13-11-19)30-15-27-14-21(30)16-4-2-1-3-5-16/h1-9,14-15,19-20H,10-13H2,(H2,28,29,31). The average molecular weight is 445 g/mol. The van der Waals surface area contributed by atoms with Crippen LogP contribution in [0.4, 0.5) is 18.9 Å². The van der Waals surface area contributed by atoms with Gasteiger partial charge in [0, 0.05) is 17.8 Å². The maximum absolute atomic E-state index is 12.7. The highest BCUT2D eigenvalue weighted by atomic mass is 32.1. The summed E-state index contributed by atoms with van der Waals surface area (Å²) in [5, 5.41) is 6.70. The third-order valence-electron chi connectivity index (χ3n) is 5.63. The summed E-state index contributed by atoms with van der Waals surface area (Å²) in [6, 6.07) is 15.7. The minimum atomic E-state index is -4.34. The monoisotopic (exact) mass is 444 g/mol. The Labute approximate surface area is 184 Å². The summed E-state index contributed by atoms with van der Waals surface area (Å²) in [5.41, 5.74) is 2.13. The first kappa shape index (κ1) is 21.4. The van der Waals surface area contributed by atoms with Crippen molar-refractivity contribution in [2.45, 2.75) is 43.9 Å². The fraction of sp³-hybridized carbons (Fsp3) is 0.304. The van der Waals surface area contributed by atoms with Crippen LogP contribution in [0.5, 0.6) is 0 Å². The molecule has 162 valence electrons. The van der Waals surface area contributed by atoms with Crippen LogP contribution in [-0.4, -0.2) is 20.7 Å². The SMILES string of the molecule is FC(F)(F)c1ccc(NC(=S)NC2CCC(n3cncc3-c3ccccc3)CC2)cc1. The molecule has 1 aliphatic rings. The highest BCUT2D eigenvalue weighted by Crippen LogP contribution is 2.33. The molecule has 1 heterocycles. The van der Waals surface area contributed by atoms with Crippen LogP contribution in [0.3, 0.4) is 0 Å². The Morgan fingerprint density at radius 1 is 0.968 bits per heavy atom. The molecule has 4 rings (SSSR count). The van der Waals surface area contributed by atoms with Crippen LogP contribution in [0.1, 0.15) is 37.3 Å². The quantitative estimate of drug-likeness (QED) is 0.482. The van der Waals surface area contributed by atoms with E-state index >= 15 is 0 Å². The van der Waals surface area contributed by atoms with Crippen molar-refractivity contribution in [1.82, 2.24) is 14.9 Å². The summed E-state index contributed by atoms with van der Waals surface area (Å²) < 4.78 is 40.3. The average Bonchev–Trinajstić information content (AvgIpc) is 3.24. The van der Waals surface area contributed by atoms with Crippen LogP contribution < -0.4 is 10.6 Å². The lowest BCUT2D eigenvalue weighted by molar-refractivity contribution is -0.137. The van der Waals surface area contributed by atoms with Crippen LogP contribution in [0.25, 0.3) is 11.3 Å². The summed E-state index contributed by atoms with van der Waals surface area (Å²) in [6.07, 6.45) is 3.36. The maximum Gasteiger partial charge on any atom is 0.416 e. The molecule has 2 aromatic carbocycles. The van der Waals surface area contributed by atoms with Gasteiger partial charge >= 0.3 is 6.18 Å². The van der Waals surface area contributed by atoms with E-state index in [9.17, 15) is 13.2 Å². The third-order valence-corrected chi connectivity index (χ3v) is 5.85. The highest BCUT2D eigenvalue weighted by molar-refractivity contribution is 7.80. The molecule has 8 heteroatoms. The van der Waals surface area contributed by atoms with Crippen LogP contribution in [-0.2, 0) is 6.18 Å². The number of hydrogen-bond acceptors (Lipinski definition) is 2. The summed E-state index contributed by atoms with van der Waals surface area (Å²) in [6.45, 7) is 0. The van der Waals surface area contributed by atoms with Crippen LogP contribution in [0.15, 0.2) is 67.1 Å². The Hall–Kier alpha value is -2.87. The van der Waals surface area contributed by atoms with Gasteiger partial charge in [0.15, 0.2) is 5.11 Å². The lowest BCUT2D eigenvalue weighted by Gasteiger charge is -2.31. The summed E-state index contributed by atoms with van der Waals surface area (Å²) in [5.74, 6) is 0. The molecule has 1 aromatic heterocycles. The van der Waals surface area contributed by atoms with Gasteiger partial charge < -0.3 is 15.2 Å². The summed E-state index contributed by atoms with van der Waals surface area (Å²) >= 11 is 5.36. The molecule has 0 amide bonds. The predicted octanol–water partition coefficient (Wildman–Crippen LogP) is 6.04. The zero-order valence-corrected chi connectivity index (χ0v) is 17.6. The van der Waals surface area contributed by atoms with E-state index in [0.29, 0.717) is 16.8 Å². The van der Waals surface area contributed by atoms with Gasteiger partial charge in [-0.05, 0) is 67.7 Å². The number of thiocarbonyl (C=S) groups is 1. The summed E-state index contributed by atoms with van der Waals surface area (Å²) in [4.78, 5) is 4.36. The molecular weight excluding hydrogens is 421 g/mol. The number of hydrogen-bond donors (Lipinski definition) is 2. The van der Waals surface area contributed by atoms with Gasteiger partial charge in [-0.1, -0.05) is 30.3 Å². The smallest absolute Gasteiger partial charge is 0.360 e. The number of imidazole rings is 1. The zero-order valence-electron chi connectivity index (χ0n) is 16.8. The molecule has 0 bridgehead atoms. The van der Waals surface area contributed by atoms with Crippen molar-refractivity contribution < 1.29 is 13.2 Å². The van der Waals surface area contributed by atoms with Gasteiger partial charge in [0.2, 0.25) is 0 Å². The molecule has 0 saturated heterocycles. The Bertz CT molecular complexity index is 1010. The molecular formula is C23H23F3N4S. The van der Waals surface area contributed by atoms with Gasteiger partial charge in [0.05, 0.1) is 23.8 Å². The number of rotatable bonds is 4. The largest absolute Gasteiger partial charge is 0.416 e. The lowest BCUT2D eigenvalue weighted by atomic mass is 9.90. The van der Waals surface area contributed by atoms with E-state index < -0.39 is 11.7 Å². The topological polar surface area (TPSA) is 41.9 Å². The van der Waals surface area contributed by atoms with E-state index in [0.717, 1.165) is 49.1 Å². The van der Waals surface area contributed by atoms with Crippen molar-refractivity contribution in [2.75, 3.05) is 5.32 Å². The molecule has 1 aliphatic carbocycles. The molecule has 0 radical (unpaired) electrons. The second kappa shape index (κ2) is 9.09. The number of aromatic nitrogens is 2. The Morgan fingerprint density at radius 2 is 1.65 bits per heavy atom. The van der Waals surface area contributed by atoms with E-state index in [1.54, 1.807) is 0 Å². The van der Waals surface area contributed by atoms with Crippen LogP contribution in [0, 0.1) is 0 Å². The van der Waals surface area contributed by atoms with E-state index in [-0.39, 0.29) is 6.04 Å². The minimum absolute atomic E-state index is 0.231. The highest BCUT2D eigenvalue weighted by Gasteiger charge is 2.30. The molecule has 1 fully saturated rings. The number of nitrogens with one attached hydrogen (secondary N) is 2. The normalized spacial score (nSPS) is 19.1. The third kappa shape index (κ3) is 5.25. The number of halogens is 3. The Morgan fingerprint density at radius 3 is 2.29 bits per heavy atom. The minimum Gasteiger partial charge on any atom is -0.360 e. The van der Waals surface area contributed by atoms with Gasteiger partial charge in [0.1, 0.15) is 0 Å². The Balaban J connectivity index is 1.30. The number of benzene rings is 2. The van der Waals surface area contributed by atoms with E-state index in [4.69, 9.17) is 12.2 Å². The molecule has 0 unspecified atom stereocenters. The number of anilines is 1. The molecule has 31 heavy (non-hydrogen) atoms. The van der Waals surface area contributed by atoms with Crippen molar-refractivity contribution in [2.24, 2.45) is 0 Å². The molecule has 1 saturated carbocycles. The van der Waals surface area contributed by atoms with Gasteiger partial charge in [-0.2, -0.15) is 13.2 Å². The fourth-order valence-electron chi connectivity index (χ4n) is 4.02.